The van der Waals surface area contributed by atoms with Gasteiger partial charge in [0.05, 0.1) is 11.9 Å². The third-order valence-electron chi connectivity index (χ3n) is 4.41. The molecule has 0 aromatic carbocycles. The van der Waals surface area contributed by atoms with E-state index >= 15 is 0 Å². The number of aromatic nitrogens is 2. The third kappa shape index (κ3) is 3.32. The second-order valence-electron chi connectivity index (χ2n) is 6.49. The van der Waals surface area contributed by atoms with Gasteiger partial charge in [0.25, 0.3) is 5.91 Å². The van der Waals surface area contributed by atoms with Crippen molar-refractivity contribution in [3.05, 3.63) is 17.7 Å². The second-order valence-corrected chi connectivity index (χ2v) is 6.49. The fourth-order valence-corrected chi connectivity index (χ4v) is 2.41. The van der Waals surface area contributed by atoms with Crippen LogP contribution in [0, 0.1) is 11.3 Å². The molecule has 0 saturated heterocycles. The summed E-state index contributed by atoms with van der Waals surface area (Å²) in [6, 6.07) is 0. The number of carbonyl (C=O) groups excluding carboxylic acids is 1. The van der Waals surface area contributed by atoms with E-state index in [2.05, 4.69) is 34.6 Å². The highest BCUT2D eigenvalue weighted by Crippen LogP contribution is 2.51. The molecule has 1 fully saturated rings. The van der Waals surface area contributed by atoms with Crippen molar-refractivity contribution < 1.29 is 4.79 Å². The van der Waals surface area contributed by atoms with Gasteiger partial charge in [0.1, 0.15) is 5.82 Å². The minimum Gasteiger partial charge on any atom is -0.350 e. The summed E-state index contributed by atoms with van der Waals surface area (Å²) < 4.78 is 0. The molecule has 4 N–H and O–H groups in total. The minimum atomic E-state index is -0.195. The van der Waals surface area contributed by atoms with Crippen LogP contribution in [0.3, 0.4) is 0 Å². The van der Waals surface area contributed by atoms with Crippen LogP contribution in [0.2, 0.25) is 0 Å². The number of anilines is 1. The monoisotopic (exact) mass is 291 g/mol. The Hall–Kier alpha value is -1.69. The topological polar surface area (TPSA) is 92.9 Å². The van der Waals surface area contributed by atoms with E-state index in [1.54, 1.807) is 6.20 Å². The summed E-state index contributed by atoms with van der Waals surface area (Å²) in [5.74, 6) is 6.63. The van der Waals surface area contributed by atoms with Crippen molar-refractivity contribution >= 4 is 11.6 Å². The predicted octanol–water partition coefficient (Wildman–Crippen LogP) is 2.05. The summed E-state index contributed by atoms with van der Waals surface area (Å²) >= 11 is 0. The molecule has 6 heteroatoms. The van der Waals surface area contributed by atoms with Crippen molar-refractivity contribution in [1.29, 1.82) is 0 Å². The summed E-state index contributed by atoms with van der Waals surface area (Å²) in [4.78, 5) is 21.0. The number of nitrogen functional groups attached to an aromatic ring is 1. The van der Waals surface area contributed by atoms with E-state index in [9.17, 15) is 4.79 Å². The highest BCUT2D eigenvalue weighted by molar-refractivity contribution is 5.97. The molecule has 2 rings (SSSR count). The lowest BCUT2D eigenvalue weighted by atomic mass is 9.92. The molecule has 1 aliphatic carbocycles. The Bertz CT molecular complexity index is 523. The maximum atomic E-state index is 12.4. The zero-order valence-corrected chi connectivity index (χ0v) is 13.2. The van der Waals surface area contributed by atoms with Gasteiger partial charge in [0, 0.05) is 12.5 Å². The highest BCUT2D eigenvalue weighted by atomic mass is 16.1. The van der Waals surface area contributed by atoms with E-state index in [1.165, 1.54) is 12.8 Å². The lowest BCUT2D eigenvalue weighted by Gasteiger charge is -2.20. The maximum Gasteiger partial charge on any atom is 0.272 e. The Morgan fingerprint density at radius 1 is 1.38 bits per heavy atom. The molecular weight excluding hydrogens is 266 g/mol. The van der Waals surface area contributed by atoms with Crippen LogP contribution < -0.4 is 16.6 Å². The molecule has 1 saturated carbocycles. The standard InChI is InChI=1S/C15H25N5O/c1-9(2)13-17-7-11(20-16)12(19-13)14(21)18-8-15(5-6-15)10(3)4/h7,9-10,20H,5-6,8,16H2,1-4H3,(H,18,21). The zero-order valence-electron chi connectivity index (χ0n) is 13.2. The van der Waals surface area contributed by atoms with Gasteiger partial charge >= 0.3 is 0 Å². The molecule has 0 spiro atoms. The first-order chi connectivity index (χ1) is 9.89. The van der Waals surface area contributed by atoms with Gasteiger partial charge in [0.2, 0.25) is 0 Å². The number of rotatable bonds is 6. The molecule has 1 aliphatic rings. The Kier molecular flexibility index (Phi) is 4.46. The van der Waals surface area contributed by atoms with Crippen LogP contribution >= 0.6 is 0 Å². The van der Waals surface area contributed by atoms with Crippen LogP contribution in [0.15, 0.2) is 6.20 Å². The Morgan fingerprint density at radius 3 is 2.52 bits per heavy atom. The molecule has 6 nitrogen and oxygen atoms in total. The molecule has 0 atom stereocenters. The summed E-state index contributed by atoms with van der Waals surface area (Å²) in [6.45, 7) is 9.07. The number of carbonyl (C=O) groups is 1. The van der Waals surface area contributed by atoms with Crippen molar-refractivity contribution in [2.45, 2.75) is 46.5 Å². The van der Waals surface area contributed by atoms with Crippen LogP contribution in [-0.2, 0) is 0 Å². The Morgan fingerprint density at radius 2 is 2.05 bits per heavy atom. The van der Waals surface area contributed by atoms with E-state index in [4.69, 9.17) is 5.84 Å². The summed E-state index contributed by atoms with van der Waals surface area (Å²) in [5, 5.41) is 3.00. The van der Waals surface area contributed by atoms with Crippen molar-refractivity contribution in [2.24, 2.45) is 17.2 Å². The van der Waals surface area contributed by atoms with Gasteiger partial charge < -0.3 is 10.7 Å². The van der Waals surface area contributed by atoms with E-state index < -0.39 is 0 Å². The molecule has 0 aliphatic heterocycles. The van der Waals surface area contributed by atoms with Gasteiger partial charge in [-0.25, -0.2) is 9.97 Å². The van der Waals surface area contributed by atoms with Gasteiger partial charge in [0.15, 0.2) is 5.69 Å². The normalized spacial score (nSPS) is 16.1. The van der Waals surface area contributed by atoms with Gasteiger partial charge in [-0.15, -0.1) is 0 Å². The predicted molar refractivity (Wildman–Crippen MR) is 82.8 cm³/mol. The third-order valence-corrected chi connectivity index (χ3v) is 4.41. The average molecular weight is 291 g/mol. The largest absolute Gasteiger partial charge is 0.350 e. The van der Waals surface area contributed by atoms with E-state index in [1.807, 2.05) is 13.8 Å². The van der Waals surface area contributed by atoms with Crippen molar-refractivity contribution in [3.63, 3.8) is 0 Å². The van der Waals surface area contributed by atoms with Crippen molar-refractivity contribution in [1.82, 2.24) is 15.3 Å². The molecule has 1 aromatic rings. The van der Waals surface area contributed by atoms with Crippen molar-refractivity contribution in [3.8, 4) is 0 Å². The average Bonchev–Trinajstić information content (AvgIpc) is 3.25. The first kappa shape index (κ1) is 15.7. The molecule has 0 unspecified atom stereocenters. The van der Waals surface area contributed by atoms with Gasteiger partial charge in [-0.05, 0) is 24.2 Å². The number of hydrogen-bond acceptors (Lipinski definition) is 5. The first-order valence-corrected chi connectivity index (χ1v) is 7.51. The van der Waals surface area contributed by atoms with E-state index in [0.29, 0.717) is 29.7 Å². The fraction of sp³-hybridized carbons (Fsp3) is 0.667. The molecule has 1 amide bonds. The first-order valence-electron chi connectivity index (χ1n) is 7.51. The SMILES string of the molecule is CC(C)c1ncc(NN)c(C(=O)NCC2(C(C)C)CC2)n1. The molecule has 1 aromatic heterocycles. The summed E-state index contributed by atoms with van der Waals surface area (Å²) in [5.41, 5.74) is 3.52. The number of nitrogens with one attached hydrogen (secondary N) is 2. The molecule has 1 heterocycles. The highest BCUT2D eigenvalue weighted by Gasteiger charge is 2.45. The number of hydrazine groups is 1. The van der Waals surface area contributed by atoms with Crippen LogP contribution in [0.5, 0.6) is 0 Å². The second kappa shape index (κ2) is 5.97. The molecule has 0 radical (unpaired) electrons. The van der Waals surface area contributed by atoms with Crippen LogP contribution in [-0.4, -0.2) is 22.4 Å². The van der Waals surface area contributed by atoms with Crippen LogP contribution in [0.1, 0.15) is 62.8 Å². The fourth-order valence-electron chi connectivity index (χ4n) is 2.41. The summed E-state index contributed by atoms with van der Waals surface area (Å²) in [6.07, 6.45) is 3.91. The maximum absolute atomic E-state index is 12.4. The smallest absolute Gasteiger partial charge is 0.272 e. The number of nitrogens with zero attached hydrogens (tertiary/aromatic N) is 2. The molecule has 0 bridgehead atoms. The van der Waals surface area contributed by atoms with Crippen LogP contribution in [0.4, 0.5) is 5.69 Å². The number of amides is 1. The molecule has 21 heavy (non-hydrogen) atoms. The van der Waals surface area contributed by atoms with E-state index in [-0.39, 0.29) is 17.2 Å². The minimum absolute atomic E-state index is 0.161. The lowest BCUT2D eigenvalue weighted by molar-refractivity contribution is 0.0935. The van der Waals surface area contributed by atoms with Gasteiger partial charge in [-0.3, -0.25) is 10.6 Å². The van der Waals surface area contributed by atoms with Crippen LogP contribution in [0.25, 0.3) is 0 Å². The number of nitrogens with two attached hydrogens (primary N) is 1. The zero-order chi connectivity index (χ0) is 15.6. The molecular formula is C15H25N5O. The number of hydrogen-bond donors (Lipinski definition) is 3. The molecule has 116 valence electrons. The Balaban J connectivity index is 2.12. The van der Waals surface area contributed by atoms with E-state index in [0.717, 1.165) is 0 Å². The van der Waals surface area contributed by atoms with Gasteiger partial charge in [-0.2, -0.15) is 0 Å². The summed E-state index contributed by atoms with van der Waals surface area (Å²) in [7, 11) is 0. The van der Waals surface area contributed by atoms with Gasteiger partial charge in [-0.1, -0.05) is 27.7 Å². The lowest BCUT2D eigenvalue weighted by Crippen LogP contribution is -2.34. The Labute approximate surface area is 125 Å². The van der Waals surface area contributed by atoms with Crippen molar-refractivity contribution in [2.75, 3.05) is 12.0 Å². The quantitative estimate of drug-likeness (QED) is 0.551.